The first-order valence-corrected chi connectivity index (χ1v) is 8.21. The number of hydrogen-bond acceptors (Lipinski definition) is 3. The Bertz CT molecular complexity index is 697. The lowest BCUT2D eigenvalue weighted by atomic mass is 10.2. The molecule has 6 nitrogen and oxygen atoms in total. The molecule has 25 heavy (non-hydrogen) atoms. The number of nitrogens with one attached hydrogen (secondary N) is 3. The Morgan fingerprint density at radius 3 is 2.08 bits per heavy atom. The van der Waals surface area contributed by atoms with Crippen molar-refractivity contribution in [2.24, 2.45) is 0 Å². The maximum atomic E-state index is 11.8. The van der Waals surface area contributed by atoms with Gasteiger partial charge in [0.1, 0.15) is 12.4 Å². The third-order valence-corrected chi connectivity index (χ3v) is 3.45. The van der Waals surface area contributed by atoms with E-state index in [9.17, 15) is 9.59 Å². The molecule has 0 aliphatic heterocycles. The van der Waals surface area contributed by atoms with Crippen molar-refractivity contribution in [1.82, 2.24) is 5.32 Å². The summed E-state index contributed by atoms with van der Waals surface area (Å²) in [5, 5.41) is 8.11. The fraction of sp³-hybridized carbons (Fsp3) is 0.263. The first kappa shape index (κ1) is 18.3. The zero-order valence-electron chi connectivity index (χ0n) is 14.5. The van der Waals surface area contributed by atoms with Gasteiger partial charge in [0, 0.05) is 18.3 Å². The highest BCUT2D eigenvalue weighted by Crippen LogP contribution is 2.13. The maximum absolute atomic E-state index is 11.8. The minimum atomic E-state index is -0.308. The van der Waals surface area contributed by atoms with Gasteiger partial charge in [-0.3, -0.25) is 4.79 Å². The minimum Gasteiger partial charge on any atom is -0.492 e. The molecule has 0 aromatic heterocycles. The second-order valence-electron chi connectivity index (χ2n) is 5.49. The van der Waals surface area contributed by atoms with Crippen LogP contribution in [0.25, 0.3) is 0 Å². The normalized spacial score (nSPS) is 10.0. The summed E-state index contributed by atoms with van der Waals surface area (Å²) in [5.74, 6) is 0.649. The summed E-state index contributed by atoms with van der Waals surface area (Å²) < 4.78 is 5.58. The quantitative estimate of drug-likeness (QED) is 0.675. The number of aryl methyl sites for hydroxylation is 1. The molecule has 0 fully saturated rings. The van der Waals surface area contributed by atoms with E-state index in [1.165, 1.54) is 12.5 Å². The molecule has 0 radical (unpaired) electrons. The SMILES string of the molecule is CCc1ccc(OCCNC(=O)Nc2ccc(NC(C)=O)cc2)cc1. The number of carbonyl (C=O) groups excluding carboxylic acids is 2. The van der Waals surface area contributed by atoms with Gasteiger partial charge in [0.15, 0.2) is 0 Å². The van der Waals surface area contributed by atoms with Gasteiger partial charge in [-0.1, -0.05) is 19.1 Å². The Labute approximate surface area is 147 Å². The number of hydrogen-bond donors (Lipinski definition) is 3. The zero-order chi connectivity index (χ0) is 18.1. The van der Waals surface area contributed by atoms with E-state index in [1.54, 1.807) is 24.3 Å². The van der Waals surface area contributed by atoms with Crippen molar-refractivity contribution in [1.29, 1.82) is 0 Å². The van der Waals surface area contributed by atoms with E-state index in [2.05, 4.69) is 22.9 Å². The molecule has 3 amide bonds. The molecule has 0 bridgehead atoms. The van der Waals surface area contributed by atoms with Crippen LogP contribution in [0.4, 0.5) is 16.2 Å². The molecule has 0 heterocycles. The average Bonchev–Trinajstić information content (AvgIpc) is 2.60. The smallest absolute Gasteiger partial charge is 0.319 e. The minimum absolute atomic E-state index is 0.136. The Morgan fingerprint density at radius 1 is 0.920 bits per heavy atom. The van der Waals surface area contributed by atoms with Crippen LogP contribution in [0, 0.1) is 0 Å². The maximum Gasteiger partial charge on any atom is 0.319 e. The monoisotopic (exact) mass is 341 g/mol. The summed E-state index contributed by atoms with van der Waals surface area (Å²) in [6.07, 6.45) is 0.994. The van der Waals surface area contributed by atoms with Gasteiger partial charge in [0.25, 0.3) is 0 Å². The summed E-state index contributed by atoms with van der Waals surface area (Å²) in [6.45, 7) is 4.33. The van der Waals surface area contributed by atoms with Crippen LogP contribution in [0.1, 0.15) is 19.4 Å². The lowest BCUT2D eigenvalue weighted by Gasteiger charge is -2.10. The van der Waals surface area contributed by atoms with Gasteiger partial charge < -0.3 is 20.7 Å². The zero-order valence-corrected chi connectivity index (χ0v) is 14.5. The van der Waals surface area contributed by atoms with E-state index in [-0.39, 0.29) is 11.9 Å². The largest absolute Gasteiger partial charge is 0.492 e. The van der Waals surface area contributed by atoms with E-state index < -0.39 is 0 Å². The third kappa shape index (κ3) is 6.55. The lowest BCUT2D eigenvalue weighted by Crippen LogP contribution is -2.32. The number of urea groups is 1. The third-order valence-electron chi connectivity index (χ3n) is 3.45. The summed E-state index contributed by atoms with van der Waals surface area (Å²) >= 11 is 0. The van der Waals surface area contributed by atoms with Gasteiger partial charge >= 0.3 is 6.03 Å². The predicted molar refractivity (Wildman–Crippen MR) is 99.1 cm³/mol. The van der Waals surface area contributed by atoms with Crippen molar-refractivity contribution < 1.29 is 14.3 Å². The van der Waals surface area contributed by atoms with Crippen LogP contribution in [0.15, 0.2) is 48.5 Å². The van der Waals surface area contributed by atoms with Crippen LogP contribution in [-0.2, 0) is 11.2 Å². The number of ether oxygens (including phenoxy) is 1. The van der Waals surface area contributed by atoms with Crippen LogP contribution >= 0.6 is 0 Å². The molecule has 132 valence electrons. The van der Waals surface area contributed by atoms with Crippen molar-refractivity contribution in [3.8, 4) is 5.75 Å². The molecule has 0 spiro atoms. The number of carbonyl (C=O) groups is 2. The Hall–Kier alpha value is -3.02. The number of amides is 3. The summed E-state index contributed by atoms with van der Waals surface area (Å²) in [5.41, 5.74) is 2.58. The summed E-state index contributed by atoms with van der Waals surface area (Å²) in [4.78, 5) is 22.8. The number of anilines is 2. The highest BCUT2D eigenvalue weighted by molar-refractivity contribution is 5.91. The Morgan fingerprint density at radius 2 is 1.52 bits per heavy atom. The molecule has 0 saturated heterocycles. The van der Waals surface area contributed by atoms with Gasteiger partial charge in [0.05, 0.1) is 6.54 Å². The van der Waals surface area contributed by atoms with E-state index in [0.29, 0.717) is 24.5 Å². The number of benzene rings is 2. The van der Waals surface area contributed by atoms with Crippen molar-refractivity contribution >= 4 is 23.3 Å². The van der Waals surface area contributed by atoms with E-state index in [0.717, 1.165) is 12.2 Å². The fourth-order valence-electron chi connectivity index (χ4n) is 2.17. The molecular weight excluding hydrogens is 318 g/mol. The standard InChI is InChI=1S/C19H23N3O3/c1-3-15-4-10-18(11-5-15)25-13-12-20-19(24)22-17-8-6-16(7-9-17)21-14(2)23/h4-11H,3,12-13H2,1-2H3,(H,21,23)(H2,20,22,24). The van der Waals surface area contributed by atoms with Crippen molar-refractivity contribution in [2.45, 2.75) is 20.3 Å². The van der Waals surface area contributed by atoms with Gasteiger partial charge in [0.2, 0.25) is 5.91 Å². The molecular formula is C19H23N3O3. The van der Waals surface area contributed by atoms with Crippen LogP contribution in [0.2, 0.25) is 0 Å². The van der Waals surface area contributed by atoms with Gasteiger partial charge in [-0.2, -0.15) is 0 Å². The first-order chi connectivity index (χ1) is 12.1. The van der Waals surface area contributed by atoms with Crippen LogP contribution in [0.5, 0.6) is 5.75 Å². The first-order valence-electron chi connectivity index (χ1n) is 8.21. The molecule has 0 atom stereocenters. The molecule has 0 saturated carbocycles. The van der Waals surface area contributed by atoms with E-state index >= 15 is 0 Å². The van der Waals surface area contributed by atoms with Gasteiger partial charge in [-0.15, -0.1) is 0 Å². The van der Waals surface area contributed by atoms with Crippen LogP contribution < -0.4 is 20.7 Å². The highest BCUT2D eigenvalue weighted by Gasteiger charge is 2.02. The molecule has 0 aliphatic rings. The predicted octanol–water partition coefficient (Wildman–Crippen LogP) is 3.41. The summed E-state index contributed by atoms with van der Waals surface area (Å²) in [6, 6.07) is 14.5. The molecule has 3 N–H and O–H groups in total. The fourth-order valence-corrected chi connectivity index (χ4v) is 2.17. The molecule has 6 heteroatoms. The lowest BCUT2D eigenvalue weighted by molar-refractivity contribution is -0.114. The molecule has 2 rings (SSSR count). The average molecular weight is 341 g/mol. The Kier molecular flexibility index (Phi) is 6.83. The Balaban J connectivity index is 1.68. The van der Waals surface area contributed by atoms with Crippen LogP contribution in [0.3, 0.4) is 0 Å². The molecule has 0 unspecified atom stereocenters. The van der Waals surface area contributed by atoms with Gasteiger partial charge in [-0.25, -0.2) is 4.79 Å². The van der Waals surface area contributed by atoms with Crippen molar-refractivity contribution in [3.05, 3.63) is 54.1 Å². The molecule has 2 aromatic rings. The highest BCUT2D eigenvalue weighted by atomic mass is 16.5. The molecule has 0 aliphatic carbocycles. The number of rotatable bonds is 7. The van der Waals surface area contributed by atoms with Crippen molar-refractivity contribution in [2.75, 3.05) is 23.8 Å². The molecule has 2 aromatic carbocycles. The van der Waals surface area contributed by atoms with E-state index in [4.69, 9.17) is 4.74 Å². The topological polar surface area (TPSA) is 79.5 Å². The summed E-state index contributed by atoms with van der Waals surface area (Å²) in [7, 11) is 0. The van der Waals surface area contributed by atoms with E-state index in [1.807, 2.05) is 24.3 Å². The van der Waals surface area contributed by atoms with Crippen LogP contribution in [-0.4, -0.2) is 25.1 Å². The van der Waals surface area contributed by atoms with Gasteiger partial charge in [-0.05, 0) is 48.4 Å². The second kappa shape index (κ2) is 9.32. The van der Waals surface area contributed by atoms with Crippen molar-refractivity contribution in [3.63, 3.8) is 0 Å². The second-order valence-corrected chi connectivity index (χ2v) is 5.49.